The zero-order chi connectivity index (χ0) is 15.3. The van der Waals surface area contributed by atoms with E-state index in [4.69, 9.17) is 9.05 Å². The molecule has 0 unspecified atom stereocenters. The van der Waals surface area contributed by atoms with Gasteiger partial charge in [0.15, 0.2) is 0 Å². The van der Waals surface area contributed by atoms with Crippen LogP contribution in [-0.4, -0.2) is 5.75 Å². The molecule has 0 amide bonds. The Hall–Kier alpha value is -1.38. The summed E-state index contributed by atoms with van der Waals surface area (Å²) >= 11 is 1.19. The molecule has 0 radical (unpaired) electrons. The van der Waals surface area contributed by atoms with Gasteiger partial charge in [0, 0.05) is 5.75 Å². The van der Waals surface area contributed by atoms with Gasteiger partial charge in [0.1, 0.15) is 11.5 Å². The molecule has 2 aromatic carbocycles. The molecule has 0 N–H and O–H groups in total. The van der Waals surface area contributed by atoms with Gasteiger partial charge in [0.25, 0.3) is 0 Å². The van der Waals surface area contributed by atoms with E-state index in [1.54, 1.807) is 24.3 Å². The fourth-order valence-electron chi connectivity index (χ4n) is 1.69. The number of benzene rings is 2. The molecule has 0 saturated heterocycles. The molecule has 0 fully saturated rings. The molecule has 0 aliphatic heterocycles. The van der Waals surface area contributed by atoms with Crippen LogP contribution in [0.4, 0.5) is 0 Å². The molecule has 0 aliphatic carbocycles. The van der Waals surface area contributed by atoms with Crippen molar-refractivity contribution < 1.29 is 13.6 Å². The highest BCUT2D eigenvalue weighted by Crippen LogP contribution is 2.59. The summed E-state index contributed by atoms with van der Waals surface area (Å²) in [7, 11) is 0. The largest absolute Gasteiger partial charge is 0.492 e. The van der Waals surface area contributed by atoms with Crippen LogP contribution in [0, 0.1) is 13.8 Å². The van der Waals surface area contributed by atoms with E-state index in [9.17, 15) is 4.57 Å². The zero-order valence-corrected chi connectivity index (χ0v) is 14.1. The molecule has 0 bridgehead atoms. The van der Waals surface area contributed by atoms with E-state index in [-0.39, 0.29) is 0 Å². The van der Waals surface area contributed by atoms with E-state index in [1.165, 1.54) is 11.4 Å². The van der Waals surface area contributed by atoms with Crippen molar-refractivity contribution in [2.45, 2.75) is 20.8 Å². The minimum Gasteiger partial charge on any atom is -0.408 e. The molecule has 0 saturated carbocycles. The van der Waals surface area contributed by atoms with Gasteiger partial charge in [-0.2, -0.15) is 0 Å². The van der Waals surface area contributed by atoms with Crippen LogP contribution in [0.1, 0.15) is 18.1 Å². The molecular weight excluding hydrogens is 303 g/mol. The maximum Gasteiger partial charge on any atom is 0.492 e. The number of hydrogen-bond acceptors (Lipinski definition) is 4. The molecule has 0 spiro atoms. The van der Waals surface area contributed by atoms with Crippen LogP contribution in [0.3, 0.4) is 0 Å². The fourth-order valence-corrected chi connectivity index (χ4v) is 4.69. The van der Waals surface area contributed by atoms with Crippen LogP contribution in [0.25, 0.3) is 0 Å². The third-order valence-corrected chi connectivity index (χ3v) is 6.38. The molecule has 0 aromatic heterocycles. The highest BCUT2D eigenvalue weighted by molar-refractivity contribution is 8.55. The number of hydrogen-bond donors (Lipinski definition) is 0. The van der Waals surface area contributed by atoms with Crippen molar-refractivity contribution >= 4 is 18.2 Å². The summed E-state index contributed by atoms with van der Waals surface area (Å²) in [4.78, 5) is 0. The number of rotatable bonds is 6. The van der Waals surface area contributed by atoms with Crippen molar-refractivity contribution in [2.24, 2.45) is 0 Å². The topological polar surface area (TPSA) is 35.5 Å². The summed E-state index contributed by atoms with van der Waals surface area (Å²) < 4.78 is 24.1. The fraction of sp³-hybridized carbons (Fsp3) is 0.250. The second-order valence-electron chi connectivity index (χ2n) is 4.67. The van der Waals surface area contributed by atoms with E-state index >= 15 is 0 Å². The van der Waals surface area contributed by atoms with Crippen LogP contribution in [0.15, 0.2) is 48.5 Å². The summed E-state index contributed by atoms with van der Waals surface area (Å²) in [5.74, 6) is 1.75. The minimum atomic E-state index is -3.28. The van der Waals surface area contributed by atoms with Crippen molar-refractivity contribution in [2.75, 3.05) is 5.75 Å². The van der Waals surface area contributed by atoms with E-state index in [0.29, 0.717) is 17.3 Å². The Balaban J connectivity index is 2.17. The maximum atomic E-state index is 12.8. The molecule has 21 heavy (non-hydrogen) atoms. The van der Waals surface area contributed by atoms with Gasteiger partial charge in [0.05, 0.1) is 0 Å². The van der Waals surface area contributed by atoms with Crippen LogP contribution >= 0.6 is 18.2 Å². The lowest BCUT2D eigenvalue weighted by Crippen LogP contribution is -1.98. The van der Waals surface area contributed by atoms with Gasteiger partial charge in [-0.15, -0.1) is 0 Å². The molecule has 2 aromatic rings. The summed E-state index contributed by atoms with van der Waals surface area (Å²) in [6.45, 7) is 2.63. The minimum absolute atomic E-state index is 0.553. The first-order valence-electron chi connectivity index (χ1n) is 6.78. The second kappa shape index (κ2) is 7.06. The molecular formula is C16H19O3PS. The monoisotopic (exact) mass is 322 g/mol. The first kappa shape index (κ1) is 16.0. The van der Waals surface area contributed by atoms with Gasteiger partial charge in [-0.05, 0) is 49.5 Å². The summed E-state index contributed by atoms with van der Waals surface area (Å²) in [6.07, 6.45) is 0. The molecule has 2 rings (SSSR count). The Morgan fingerprint density at radius 3 is 1.57 bits per heavy atom. The van der Waals surface area contributed by atoms with Gasteiger partial charge < -0.3 is 9.05 Å². The van der Waals surface area contributed by atoms with E-state index in [1.807, 2.05) is 45.0 Å². The average molecular weight is 322 g/mol. The quantitative estimate of drug-likeness (QED) is 0.646. The summed E-state index contributed by atoms with van der Waals surface area (Å²) in [5, 5.41) is 0. The molecule has 0 heterocycles. The van der Waals surface area contributed by atoms with Crippen molar-refractivity contribution in [1.82, 2.24) is 0 Å². The van der Waals surface area contributed by atoms with Gasteiger partial charge in [-0.1, -0.05) is 42.3 Å². The molecule has 0 atom stereocenters. The third kappa shape index (κ3) is 4.83. The zero-order valence-electron chi connectivity index (χ0n) is 12.4. The maximum absolute atomic E-state index is 12.8. The Bertz CT molecular complexity index is 571. The molecule has 5 heteroatoms. The summed E-state index contributed by atoms with van der Waals surface area (Å²) in [6, 6.07) is 14.9. The summed E-state index contributed by atoms with van der Waals surface area (Å²) in [5.41, 5.74) is 2.25. The standard InChI is InChI=1S/C16H19O3PS/c1-4-21-20(17,18-15-9-5-13(2)6-10-15)19-16-11-7-14(3)8-12-16/h5-12H,4H2,1-3H3. The van der Waals surface area contributed by atoms with Crippen LogP contribution in [0.5, 0.6) is 11.5 Å². The normalized spacial score (nSPS) is 11.2. The van der Waals surface area contributed by atoms with Crippen LogP contribution < -0.4 is 9.05 Å². The molecule has 3 nitrogen and oxygen atoms in total. The molecule has 0 aliphatic rings. The third-order valence-electron chi connectivity index (χ3n) is 2.76. The van der Waals surface area contributed by atoms with Gasteiger partial charge in [0.2, 0.25) is 0 Å². The molecule has 112 valence electrons. The van der Waals surface area contributed by atoms with Crippen molar-refractivity contribution in [1.29, 1.82) is 0 Å². The van der Waals surface area contributed by atoms with Gasteiger partial charge >= 0.3 is 6.80 Å². The van der Waals surface area contributed by atoms with E-state index in [2.05, 4.69) is 0 Å². The van der Waals surface area contributed by atoms with E-state index < -0.39 is 6.80 Å². The van der Waals surface area contributed by atoms with Gasteiger partial charge in [-0.3, -0.25) is 0 Å². The second-order valence-corrected chi connectivity index (χ2v) is 8.89. The number of aryl methyl sites for hydroxylation is 2. The highest BCUT2D eigenvalue weighted by Gasteiger charge is 2.28. The van der Waals surface area contributed by atoms with E-state index in [0.717, 1.165) is 11.1 Å². The lowest BCUT2D eigenvalue weighted by molar-refractivity contribution is 0.408. The average Bonchev–Trinajstić information content (AvgIpc) is 2.44. The Kier molecular flexibility index (Phi) is 5.38. The predicted molar refractivity (Wildman–Crippen MR) is 89.4 cm³/mol. The van der Waals surface area contributed by atoms with Gasteiger partial charge in [-0.25, -0.2) is 4.57 Å². The smallest absolute Gasteiger partial charge is 0.408 e. The van der Waals surface area contributed by atoms with Crippen molar-refractivity contribution in [3.05, 3.63) is 59.7 Å². The first-order valence-corrected chi connectivity index (χ1v) is 9.91. The Morgan fingerprint density at radius 2 is 1.24 bits per heavy atom. The lowest BCUT2D eigenvalue weighted by atomic mass is 10.2. The predicted octanol–water partition coefficient (Wildman–Crippen LogP) is 5.62. The Morgan fingerprint density at radius 1 is 0.857 bits per heavy atom. The first-order chi connectivity index (χ1) is 10.0. The van der Waals surface area contributed by atoms with Crippen LogP contribution in [0.2, 0.25) is 0 Å². The highest BCUT2D eigenvalue weighted by atomic mass is 32.7. The van der Waals surface area contributed by atoms with Crippen LogP contribution in [-0.2, 0) is 4.57 Å². The Labute approximate surface area is 130 Å². The van der Waals surface area contributed by atoms with Crippen molar-refractivity contribution in [3.63, 3.8) is 0 Å². The van der Waals surface area contributed by atoms with Crippen molar-refractivity contribution in [3.8, 4) is 11.5 Å². The SMILES string of the molecule is CCSP(=O)(Oc1ccc(C)cc1)Oc1ccc(C)cc1. The lowest BCUT2D eigenvalue weighted by Gasteiger charge is -2.18.